The SMILES string of the molecule is COc1ccc(Cn2cc(CC(=O)Nc3ccc(C4CCN(C(=O)c5cc(F)cc(F)c5)CC4)cc3)cn2)cc1. The first-order chi connectivity index (χ1) is 19.4. The highest BCUT2D eigenvalue weighted by atomic mass is 19.1. The van der Waals surface area contributed by atoms with E-state index in [0.29, 0.717) is 25.3 Å². The van der Waals surface area contributed by atoms with Gasteiger partial charge in [-0.2, -0.15) is 5.10 Å². The van der Waals surface area contributed by atoms with Gasteiger partial charge in [0.05, 0.1) is 26.3 Å². The van der Waals surface area contributed by atoms with Crippen LogP contribution in [0.15, 0.2) is 79.1 Å². The fourth-order valence-electron chi connectivity index (χ4n) is 5.01. The van der Waals surface area contributed by atoms with E-state index < -0.39 is 11.6 Å². The number of rotatable bonds is 8. The number of hydrogen-bond donors (Lipinski definition) is 1. The molecule has 0 atom stereocenters. The van der Waals surface area contributed by atoms with Crippen molar-refractivity contribution in [2.45, 2.75) is 31.7 Å². The molecular weight excluding hydrogens is 514 g/mol. The molecule has 1 aromatic heterocycles. The predicted octanol–water partition coefficient (Wildman–Crippen LogP) is 5.42. The van der Waals surface area contributed by atoms with Gasteiger partial charge in [0.15, 0.2) is 0 Å². The monoisotopic (exact) mass is 544 g/mol. The van der Waals surface area contributed by atoms with Crippen LogP contribution in [0.3, 0.4) is 0 Å². The summed E-state index contributed by atoms with van der Waals surface area (Å²) in [6, 6.07) is 18.4. The Morgan fingerprint density at radius 2 is 1.62 bits per heavy atom. The minimum Gasteiger partial charge on any atom is -0.497 e. The van der Waals surface area contributed by atoms with Crippen LogP contribution in [0.2, 0.25) is 0 Å². The third kappa shape index (κ3) is 6.72. The highest BCUT2D eigenvalue weighted by Crippen LogP contribution is 2.29. The second-order valence-electron chi connectivity index (χ2n) is 9.97. The molecule has 206 valence electrons. The smallest absolute Gasteiger partial charge is 0.254 e. The Kier molecular flexibility index (Phi) is 8.19. The van der Waals surface area contributed by atoms with Gasteiger partial charge >= 0.3 is 0 Å². The lowest BCUT2D eigenvalue weighted by molar-refractivity contribution is -0.115. The van der Waals surface area contributed by atoms with Crippen molar-refractivity contribution in [2.75, 3.05) is 25.5 Å². The van der Waals surface area contributed by atoms with E-state index in [1.54, 1.807) is 22.9 Å². The van der Waals surface area contributed by atoms with Crippen molar-refractivity contribution >= 4 is 17.5 Å². The second-order valence-corrected chi connectivity index (χ2v) is 9.97. The number of nitrogens with one attached hydrogen (secondary N) is 1. The van der Waals surface area contributed by atoms with Crippen LogP contribution in [0, 0.1) is 11.6 Å². The molecule has 0 bridgehead atoms. The highest BCUT2D eigenvalue weighted by Gasteiger charge is 2.25. The topological polar surface area (TPSA) is 76.5 Å². The van der Waals surface area contributed by atoms with Gasteiger partial charge in [0.1, 0.15) is 17.4 Å². The van der Waals surface area contributed by atoms with E-state index in [2.05, 4.69) is 10.4 Å². The highest BCUT2D eigenvalue weighted by molar-refractivity contribution is 5.94. The molecule has 7 nitrogen and oxygen atoms in total. The molecular formula is C31H30F2N4O3. The molecule has 0 aliphatic carbocycles. The van der Waals surface area contributed by atoms with E-state index in [9.17, 15) is 18.4 Å². The summed E-state index contributed by atoms with van der Waals surface area (Å²) in [6.45, 7) is 1.61. The van der Waals surface area contributed by atoms with Crippen molar-refractivity contribution in [3.05, 3.63) is 113 Å². The summed E-state index contributed by atoms with van der Waals surface area (Å²) in [5.41, 5.74) is 3.77. The van der Waals surface area contributed by atoms with E-state index >= 15 is 0 Å². The van der Waals surface area contributed by atoms with Crippen LogP contribution in [-0.4, -0.2) is 46.7 Å². The number of benzene rings is 3. The van der Waals surface area contributed by atoms with Crippen LogP contribution in [0.1, 0.15) is 45.8 Å². The van der Waals surface area contributed by atoms with Crippen molar-refractivity contribution in [3.63, 3.8) is 0 Å². The summed E-state index contributed by atoms with van der Waals surface area (Å²) in [4.78, 5) is 26.9. The van der Waals surface area contributed by atoms with Crippen LogP contribution in [0.5, 0.6) is 5.75 Å². The van der Waals surface area contributed by atoms with E-state index in [1.807, 2.05) is 54.7 Å². The van der Waals surface area contributed by atoms with Gasteiger partial charge in [-0.1, -0.05) is 24.3 Å². The maximum atomic E-state index is 13.5. The van der Waals surface area contributed by atoms with Crippen LogP contribution < -0.4 is 10.1 Å². The first kappa shape index (κ1) is 27.1. The number of methoxy groups -OCH3 is 1. The maximum Gasteiger partial charge on any atom is 0.254 e. The molecule has 1 fully saturated rings. The molecule has 0 spiro atoms. The number of carbonyl (C=O) groups is 2. The minimum atomic E-state index is -0.759. The molecule has 1 aliphatic heterocycles. The van der Waals surface area contributed by atoms with Crippen LogP contribution in [0.25, 0.3) is 0 Å². The van der Waals surface area contributed by atoms with Gasteiger partial charge in [0.2, 0.25) is 5.91 Å². The number of nitrogens with zero attached hydrogens (tertiary/aromatic N) is 3. The molecule has 9 heteroatoms. The Bertz CT molecular complexity index is 1460. The normalized spacial score (nSPS) is 13.7. The van der Waals surface area contributed by atoms with Gasteiger partial charge in [0, 0.05) is 36.6 Å². The molecule has 40 heavy (non-hydrogen) atoms. The predicted molar refractivity (Wildman–Crippen MR) is 147 cm³/mol. The van der Waals surface area contributed by atoms with Crippen molar-refractivity contribution in [2.24, 2.45) is 0 Å². The molecule has 1 N–H and O–H groups in total. The number of ether oxygens (including phenoxy) is 1. The van der Waals surface area contributed by atoms with Gasteiger partial charge in [-0.15, -0.1) is 0 Å². The minimum absolute atomic E-state index is 0.0284. The fraction of sp³-hybridized carbons (Fsp3) is 0.258. The Hall–Kier alpha value is -4.53. The van der Waals surface area contributed by atoms with Crippen LogP contribution in [-0.2, 0) is 17.8 Å². The molecule has 4 aromatic rings. The zero-order chi connectivity index (χ0) is 28.1. The molecule has 2 amide bonds. The Balaban J connectivity index is 1.10. The summed E-state index contributed by atoms with van der Waals surface area (Å²) in [6.07, 6.45) is 5.28. The zero-order valence-corrected chi connectivity index (χ0v) is 22.1. The van der Waals surface area contributed by atoms with E-state index in [4.69, 9.17) is 4.74 Å². The number of amides is 2. The average Bonchev–Trinajstić information content (AvgIpc) is 3.39. The van der Waals surface area contributed by atoms with Gasteiger partial charge in [-0.3, -0.25) is 14.3 Å². The first-order valence-electron chi connectivity index (χ1n) is 13.2. The molecule has 2 heterocycles. The largest absolute Gasteiger partial charge is 0.497 e. The lowest BCUT2D eigenvalue weighted by atomic mass is 9.89. The maximum absolute atomic E-state index is 13.5. The molecule has 0 unspecified atom stereocenters. The number of carbonyl (C=O) groups excluding carboxylic acids is 2. The lowest BCUT2D eigenvalue weighted by Gasteiger charge is -2.32. The number of piperidine rings is 1. The number of halogens is 2. The molecule has 0 saturated carbocycles. The van der Waals surface area contributed by atoms with Crippen LogP contribution in [0.4, 0.5) is 14.5 Å². The Morgan fingerprint density at radius 3 is 2.27 bits per heavy atom. The molecule has 1 saturated heterocycles. The van der Waals surface area contributed by atoms with E-state index in [0.717, 1.165) is 53.5 Å². The molecule has 5 rings (SSSR count). The number of likely N-dealkylation sites (tertiary alicyclic amines) is 1. The number of aromatic nitrogens is 2. The number of hydrogen-bond acceptors (Lipinski definition) is 4. The van der Waals surface area contributed by atoms with Gasteiger partial charge in [0.25, 0.3) is 5.91 Å². The molecule has 3 aromatic carbocycles. The summed E-state index contributed by atoms with van der Waals surface area (Å²) in [5.74, 6) is -0.948. The van der Waals surface area contributed by atoms with Gasteiger partial charge < -0.3 is 15.0 Å². The second kappa shape index (κ2) is 12.1. The lowest BCUT2D eigenvalue weighted by Crippen LogP contribution is -2.38. The summed E-state index contributed by atoms with van der Waals surface area (Å²) in [7, 11) is 1.63. The first-order valence-corrected chi connectivity index (χ1v) is 13.2. The average molecular weight is 545 g/mol. The van der Waals surface area contributed by atoms with Crippen molar-refractivity contribution in [3.8, 4) is 5.75 Å². The van der Waals surface area contributed by atoms with E-state index in [-0.39, 0.29) is 29.7 Å². The quantitative estimate of drug-likeness (QED) is 0.322. The number of anilines is 1. The van der Waals surface area contributed by atoms with Crippen molar-refractivity contribution in [1.29, 1.82) is 0 Å². The third-order valence-electron chi connectivity index (χ3n) is 7.11. The van der Waals surface area contributed by atoms with Crippen LogP contribution >= 0.6 is 0 Å². The standard InChI is InChI=1S/C31H30F2N4O3/c1-40-29-8-2-21(3-9-29)19-37-20-22(18-34-37)14-30(38)35-28-6-4-23(5-7-28)24-10-12-36(13-11-24)31(39)25-15-26(32)17-27(33)16-25/h2-9,15-18,20,24H,10-14,19H2,1H3,(H,35,38). The summed E-state index contributed by atoms with van der Waals surface area (Å²) >= 11 is 0. The Labute approximate surface area is 231 Å². The Morgan fingerprint density at radius 1 is 0.950 bits per heavy atom. The summed E-state index contributed by atoms with van der Waals surface area (Å²) < 4.78 is 34.0. The van der Waals surface area contributed by atoms with E-state index in [1.165, 1.54) is 0 Å². The molecule has 1 aliphatic rings. The van der Waals surface area contributed by atoms with Gasteiger partial charge in [-0.25, -0.2) is 8.78 Å². The van der Waals surface area contributed by atoms with Crippen molar-refractivity contribution < 1.29 is 23.1 Å². The van der Waals surface area contributed by atoms with Gasteiger partial charge in [-0.05, 0) is 71.8 Å². The fourth-order valence-corrected chi connectivity index (χ4v) is 5.01. The summed E-state index contributed by atoms with van der Waals surface area (Å²) in [5, 5.41) is 7.30. The third-order valence-corrected chi connectivity index (χ3v) is 7.11. The zero-order valence-electron chi connectivity index (χ0n) is 22.1. The molecule has 0 radical (unpaired) electrons. The van der Waals surface area contributed by atoms with Crippen molar-refractivity contribution in [1.82, 2.24) is 14.7 Å².